The zero-order valence-corrected chi connectivity index (χ0v) is 91.9. The summed E-state index contributed by atoms with van der Waals surface area (Å²) in [5.41, 5.74) is 21.9. The van der Waals surface area contributed by atoms with Crippen molar-refractivity contribution in [2.24, 2.45) is 0 Å². The van der Waals surface area contributed by atoms with Crippen LogP contribution in [0.2, 0.25) is 0 Å². The molecule has 10 fully saturated rings. The van der Waals surface area contributed by atoms with Crippen LogP contribution in [0.4, 0.5) is 11.4 Å². The summed E-state index contributed by atoms with van der Waals surface area (Å²) in [6.45, 7) is 54.8. The Bertz CT molecular complexity index is 4090. The summed E-state index contributed by atoms with van der Waals surface area (Å²) in [6, 6.07) is 56.7. The average molecular weight is 2530 g/mol. The fourth-order valence-corrected chi connectivity index (χ4v) is 31.4. The molecule has 19 rings (SSSR count). The molecule has 0 amide bonds. The fraction of sp³-hybridized carbons (Fsp3) is 0.485. The number of benzene rings is 7. The van der Waals surface area contributed by atoms with Crippen molar-refractivity contribution in [2.45, 2.75) is 63.3 Å². The van der Waals surface area contributed by atoms with E-state index in [-0.39, 0.29) is 31.8 Å². The van der Waals surface area contributed by atoms with Gasteiger partial charge in [-0.15, -0.1) is 59.0 Å². The molecule has 0 atom stereocenters. The largest absolute Gasteiger partial charge is 0 e. The first-order chi connectivity index (χ1) is 61.6. The van der Waals surface area contributed by atoms with Crippen molar-refractivity contribution in [3.8, 4) is 0 Å². The second kappa shape index (κ2) is 60.7. The third-order valence-corrected chi connectivity index (χ3v) is 38.6. The number of fused-ring (bicyclic) bond motifs is 2. The molecule has 0 N–H and O–H groups in total. The molecule has 0 unspecified atom stereocenters. The molecule has 0 spiro atoms. The minimum absolute atomic E-state index is 0. The number of ether oxygens (including phenoxy) is 9. The van der Waals surface area contributed by atoms with Gasteiger partial charge in [0, 0.05) is 24.5 Å². The number of anilines is 2. The zero-order valence-electron chi connectivity index (χ0n) is 75.2. The number of hydrogen-bond donors (Lipinski definition) is 0. The van der Waals surface area contributed by atoms with Crippen molar-refractivity contribution < 1.29 is 69.7 Å². The summed E-state index contributed by atoms with van der Waals surface area (Å²) in [6.07, 6.45) is 7.69. The molecule has 727 valence electrons. The molecule has 10 aliphatic heterocycles. The van der Waals surface area contributed by atoms with Crippen molar-refractivity contribution in [3.05, 3.63) is 261 Å². The third kappa shape index (κ3) is 33.3. The molecule has 0 aromatic heterocycles. The number of rotatable bonds is 13. The summed E-state index contributed by atoms with van der Waals surface area (Å²) in [7, 11) is 23.9. The van der Waals surface area contributed by atoms with E-state index in [1.165, 1.54) is 104 Å². The standard InChI is InChI=1S/C21H27N2.2C15H10.3C12H24N3O3P.C7H8.CH2IS.2CH4.BrH.4ClH.Es.2Ru/c1-14-9-16(3)20(17(4)10-14)22-7-8-23(13-22)21-18(5)11-15(2)12-19(21)6;2*1-2-6-12(7-3-1)15-11-10-13-8-4-5-9-14(13)15;3*1-7-16-8-2-13(1)19(14-3-9-17-10-4-14)15-5-11-18-12-6-15;1-7-5-3-2-4-6-7;1-3-2;;;;;;;;;;/h9-13H,7-8H2,1-6H3;2*1-9,11H;3*1-12H2;2-6H,1H3;1H2;2*1H4;5*1H;;;/q-1;;;;;;;-1;;;;;;;;;2*+2/p-1. The molecule has 130 heavy (non-hydrogen) atoms. The second-order valence-electron chi connectivity index (χ2n) is 32.0. The normalized spacial score (nSPS) is 19.8. The van der Waals surface area contributed by atoms with Crippen LogP contribution in [0.25, 0.3) is 11.1 Å². The maximum Gasteiger partial charge on any atom is 0 e. The Balaban J connectivity index is 0.000000187. The van der Waals surface area contributed by atoms with Crippen LogP contribution in [0.15, 0.2) is 176 Å². The topological polar surface area (TPSA) is 119 Å². The van der Waals surface area contributed by atoms with E-state index in [0.29, 0.717) is 0 Å². The predicted molar refractivity (Wildman–Crippen MR) is 560 cm³/mol. The Morgan fingerprint density at radius 3 is 0.692 bits per heavy atom. The van der Waals surface area contributed by atoms with E-state index in [1.807, 2.05) is 66.7 Å². The molecular formula is C97H141BrCl4EsIN11O9P3Ru2S+. The first-order valence-electron chi connectivity index (χ1n) is 44.2. The minimum Gasteiger partial charge on any atom is 0 e. The summed E-state index contributed by atoms with van der Waals surface area (Å²) >= 11 is -1.67. The average Bonchev–Trinajstić information content (AvgIpc) is 1.62. The molecule has 0 bridgehead atoms. The molecule has 10 saturated heterocycles. The van der Waals surface area contributed by atoms with Crippen molar-refractivity contribution in [3.63, 3.8) is 0 Å². The fourth-order valence-electron chi connectivity index (χ4n) is 17.6. The first kappa shape index (κ1) is 112. The van der Waals surface area contributed by atoms with Gasteiger partial charge in [-0.3, -0.25) is 15.2 Å². The summed E-state index contributed by atoms with van der Waals surface area (Å²) in [5, 5.41) is 0. The van der Waals surface area contributed by atoms with Crippen LogP contribution in [0, 0.1) is 61.4 Å². The minimum atomic E-state index is -1.88. The van der Waals surface area contributed by atoms with E-state index in [0.717, 1.165) is 258 Å². The van der Waals surface area contributed by atoms with Crippen LogP contribution in [-0.4, -0.2) is 300 Å². The molecule has 10 heterocycles. The SMILES string of the molecule is Br.C.C.C1CN([PH+](N2CCOCC2)N2CCOCC2)CCO1.C1CN([PH+](N2CCOCC2)N2CCOCC2)CCO1.C1CN([PH+](N2CCOCC2)N2CCOCC2)CCO1.Cc1cc(C)c(N2[CH-]N(c3c(C)cc(C)cc3C)CC2)c(C)c1.Cc1ccccc1.[CH2-]SI.[Cl][Ru]([Cl])=[C]1C=C(c2ccccc2)c2ccccc21.[Cl][Ru]([Cl])=[C]1C=C(c2ccccc2)c2ccccc21.[Es]. The Morgan fingerprint density at radius 2 is 0.500 bits per heavy atom. The van der Waals surface area contributed by atoms with Crippen LogP contribution in [-0.2, 0) is 69.7 Å². The number of nitrogens with zero attached hydrogens (tertiary/aromatic N) is 11. The zero-order chi connectivity index (χ0) is 88.4. The van der Waals surface area contributed by atoms with Gasteiger partial charge in [-0.25, -0.2) is 0 Å². The van der Waals surface area contributed by atoms with Gasteiger partial charge in [0.25, 0.3) is 0 Å². The summed E-state index contributed by atoms with van der Waals surface area (Å²) in [5.74, 6) is 0. The molecule has 2 aliphatic carbocycles. The predicted octanol–water partition coefficient (Wildman–Crippen LogP) is 19.7. The number of allylic oxidation sites excluding steroid dienone is 2. The van der Waals surface area contributed by atoms with Crippen molar-refractivity contribution in [2.75, 3.05) is 260 Å². The second-order valence-corrected chi connectivity index (χ2v) is 53.2. The monoisotopic (exact) mass is 2530 g/mol. The molecule has 1 radical (unpaired) electrons. The number of morpholine rings is 9. The van der Waals surface area contributed by atoms with Gasteiger partial charge < -0.3 is 52.4 Å². The van der Waals surface area contributed by atoms with E-state index >= 15 is 0 Å². The molecule has 33 heteroatoms. The van der Waals surface area contributed by atoms with Gasteiger partial charge in [-0.1, -0.05) is 86.1 Å². The molecular weight excluding hydrogens is 2390 g/mol. The van der Waals surface area contributed by atoms with Crippen LogP contribution in [0.1, 0.15) is 87.2 Å². The van der Waals surface area contributed by atoms with E-state index in [2.05, 4.69) is 244 Å². The van der Waals surface area contributed by atoms with Crippen LogP contribution < -0.4 is 9.80 Å². The van der Waals surface area contributed by atoms with E-state index in [4.69, 9.17) is 81.4 Å². The van der Waals surface area contributed by atoms with Gasteiger partial charge in [-0.05, 0) is 91.9 Å². The molecule has 7 aromatic rings. The van der Waals surface area contributed by atoms with E-state index in [9.17, 15) is 0 Å². The van der Waals surface area contributed by atoms with Gasteiger partial charge in [-0.2, -0.15) is 6.67 Å². The maximum absolute atomic E-state index is 6.19. The van der Waals surface area contributed by atoms with Gasteiger partial charge in [0.2, 0.25) is 25.1 Å². The van der Waals surface area contributed by atoms with Gasteiger partial charge in [0.15, 0.2) is 0 Å². The molecule has 0 saturated carbocycles. The number of aryl methyl sites for hydroxylation is 7. The Labute approximate surface area is 829 Å². The van der Waals surface area contributed by atoms with Crippen LogP contribution in [0.3, 0.4) is 0 Å². The van der Waals surface area contributed by atoms with Crippen molar-refractivity contribution in [1.82, 2.24) is 42.0 Å². The Morgan fingerprint density at radius 1 is 0.308 bits per heavy atom. The van der Waals surface area contributed by atoms with Crippen LogP contribution in [0.5, 0.6) is 0 Å². The van der Waals surface area contributed by atoms with Crippen LogP contribution >= 0.6 is 111 Å². The van der Waals surface area contributed by atoms with E-state index < -0.39 is 52.2 Å². The van der Waals surface area contributed by atoms with E-state index in [1.54, 1.807) is 0 Å². The number of hydrogen-bond acceptors (Lipinski definition) is 21. The molecule has 12 aliphatic rings. The third-order valence-electron chi connectivity index (χ3n) is 23.2. The van der Waals surface area contributed by atoms with Gasteiger partial charge in [0.05, 0.1) is 237 Å². The van der Waals surface area contributed by atoms with Gasteiger partial charge in [0.1, 0.15) is 0 Å². The quantitative estimate of drug-likeness (QED) is 0.0471. The smallest absolute Gasteiger partial charge is 0 e. The summed E-state index contributed by atoms with van der Waals surface area (Å²) in [4.78, 5) is 4.81. The maximum atomic E-state index is 6.19. The first-order valence-corrected chi connectivity index (χ1v) is 62.4. The summed E-state index contributed by atoms with van der Waals surface area (Å²) < 4.78 is 75.8. The van der Waals surface area contributed by atoms with Crippen molar-refractivity contribution >= 4 is 142 Å². The molecule has 20 nitrogen and oxygen atoms in total. The Kier molecular flexibility index (Phi) is 52.4. The van der Waals surface area contributed by atoms with Gasteiger partial charge >= 0.3 is 240 Å². The Hall–Kier alpha value is -3.10. The van der Waals surface area contributed by atoms with Crippen molar-refractivity contribution in [1.29, 1.82) is 0 Å². The molecule has 7 aromatic carbocycles. The number of halogens is 6.